The molecule has 100 valence electrons. The summed E-state index contributed by atoms with van der Waals surface area (Å²) in [5.41, 5.74) is 3.09. The average Bonchev–Trinajstić information content (AvgIpc) is 2.34. The van der Waals surface area contributed by atoms with Crippen molar-refractivity contribution in [3.63, 3.8) is 0 Å². The van der Waals surface area contributed by atoms with Gasteiger partial charge in [-0.1, -0.05) is 27.4 Å². The predicted molar refractivity (Wildman–Crippen MR) is 76.1 cm³/mol. The van der Waals surface area contributed by atoms with Crippen molar-refractivity contribution in [2.75, 3.05) is 13.2 Å². The third-order valence-electron chi connectivity index (χ3n) is 2.60. The zero-order chi connectivity index (χ0) is 13.5. The Balaban J connectivity index is 2.50. The van der Waals surface area contributed by atoms with Crippen LogP contribution in [0.3, 0.4) is 0 Å². The number of pyridine rings is 1. The van der Waals surface area contributed by atoms with E-state index < -0.39 is 0 Å². The molecule has 1 rings (SSSR count). The van der Waals surface area contributed by atoms with Crippen LogP contribution >= 0.6 is 0 Å². The Kier molecular flexibility index (Phi) is 5.86. The lowest BCUT2D eigenvalue weighted by Crippen LogP contribution is -2.26. The van der Waals surface area contributed by atoms with Crippen molar-refractivity contribution in [2.24, 2.45) is 0 Å². The number of aromatic nitrogens is 1. The summed E-state index contributed by atoms with van der Waals surface area (Å²) >= 11 is 0. The Morgan fingerprint density at radius 1 is 1.44 bits per heavy atom. The molecule has 1 aromatic heterocycles. The first-order valence-electron chi connectivity index (χ1n) is 6.52. The molecule has 3 heteroatoms. The van der Waals surface area contributed by atoms with Gasteiger partial charge in [-0.15, -0.1) is 0 Å². The molecule has 0 saturated heterocycles. The highest BCUT2D eigenvalue weighted by Crippen LogP contribution is 2.17. The van der Waals surface area contributed by atoms with E-state index in [1.807, 2.05) is 19.1 Å². The van der Waals surface area contributed by atoms with Crippen LogP contribution in [0.1, 0.15) is 32.2 Å². The highest BCUT2D eigenvalue weighted by molar-refractivity contribution is 5.29. The molecule has 0 radical (unpaired) electrons. The van der Waals surface area contributed by atoms with Crippen LogP contribution in [-0.4, -0.2) is 24.2 Å². The fraction of sp³-hybridized carbons (Fsp3) is 0.533. The number of aryl methyl sites for hydroxylation is 2. The fourth-order valence-corrected chi connectivity index (χ4v) is 1.56. The van der Waals surface area contributed by atoms with E-state index in [1.165, 1.54) is 0 Å². The lowest BCUT2D eigenvalue weighted by atomic mass is 10.2. The van der Waals surface area contributed by atoms with Gasteiger partial charge < -0.3 is 10.1 Å². The molecule has 18 heavy (non-hydrogen) atoms. The van der Waals surface area contributed by atoms with E-state index in [-0.39, 0.29) is 0 Å². The zero-order valence-electron chi connectivity index (χ0n) is 11.9. The number of nitrogens with one attached hydrogen (secondary N) is 1. The summed E-state index contributed by atoms with van der Waals surface area (Å²) in [6.45, 7) is 13.7. The predicted octanol–water partition coefficient (Wildman–Crippen LogP) is 2.89. The van der Waals surface area contributed by atoms with Crippen LogP contribution in [0.5, 0.6) is 5.75 Å². The molecule has 0 aromatic carbocycles. The molecule has 1 N–H and O–H groups in total. The van der Waals surface area contributed by atoms with E-state index in [1.54, 1.807) is 0 Å². The molecule has 0 aliphatic carbocycles. The highest BCUT2D eigenvalue weighted by atomic mass is 16.5. The second kappa shape index (κ2) is 7.17. The normalized spacial score (nSPS) is 10.7. The van der Waals surface area contributed by atoms with Gasteiger partial charge in [-0.2, -0.15) is 0 Å². The van der Waals surface area contributed by atoms with Gasteiger partial charge in [-0.25, -0.2) is 0 Å². The van der Waals surface area contributed by atoms with Gasteiger partial charge in [0, 0.05) is 18.3 Å². The third kappa shape index (κ3) is 4.88. The maximum Gasteiger partial charge on any atom is 0.141 e. The summed E-state index contributed by atoms with van der Waals surface area (Å²) < 4.78 is 5.78. The Morgan fingerprint density at radius 2 is 2.17 bits per heavy atom. The van der Waals surface area contributed by atoms with Crippen molar-refractivity contribution in [3.05, 3.63) is 35.7 Å². The van der Waals surface area contributed by atoms with Crippen LogP contribution in [-0.2, 0) is 6.42 Å². The van der Waals surface area contributed by atoms with Gasteiger partial charge in [0.15, 0.2) is 0 Å². The van der Waals surface area contributed by atoms with Crippen LogP contribution in [0, 0.1) is 6.92 Å². The van der Waals surface area contributed by atoms with Gasteiger partial charge in [-0.05, 0) is 31.1 Å². The molecule has 1 aromatic rings. The Labute approximate surface area is 110 Å². The molecule has 0 spiro atoms. The second-order valence-electron chi connectivity index (χ2n) is 4.83. The van der Waals surface area contributed by atoms with E-state index in [4.69, 9.17) is 4.74 Å². The summed E-state index contributed by atoms with van der Waals surface area (Å²) in [5, 5.41) is 3.32. The SMILES string of the molecule is C=C(CNC(C)C)COc1ccc(C)nc1CC. The maximum absolute atomic E-state index is 5.78. The Bertz CT molecular complexity index is 399. The highest BCUT2D eigenvalue weighted by Gasteiger charge is 2.05. The molecule has 0 amide bonds. The lowest BCUT2D eigenvalue weighted by molar-refractivity contribution is 0.341. The minimum atomic E-state index is 0.467. The quantitative estimate of drug-likeness (QED) is 0.753. The number of rotatable bonds is 7. The molecule has 0 saturated carbocycles. The van der Waals surface area contributed by atoms with Crippen molar-refractivity contribution in [2.45, 2.75) is 40.2 Å². The van der Waals surface area contributed by atoms with Gasteiger partial charge in [0.05, 0.1) is 5.69 Å². The maximum atomic E-state index is 5.78. The number of hydrogen-bond acceptors (Lipinski definition) is 3. The minimum Gasteiger partial charge on any atom is -0.487 e. The largest absolute Gasteiger partial charge is 0.487 e. The topological polar surface area (TPSA) is 34.1 Å². The standard InChI is InChI=1S/C15H24N2O/c1-6-14-15(8-7-13(5)17-14)18-10-12(4)9-16-11(2)3/h7-8,11,16H,4,6,9-10H2,1-3,5H3. The zero-order valence-corrected chi connectivity index (χ0v) is 11.9. The first kappa shape index (κ1) is 14.7. The average molecular weight is 248 g/mol. The summed E-state index contributed by atoms with van der Waals surface area (Å²) in [6, 6.07) is 4.43. The monoisotopic (exact) mass is 248 g/mol. The van der Waals surface area contributed by atoms with Crippen LogP contribution in [0.15, 0.2) is 24.3 Å². The minimum absolute atomic E-state index is 0.467. The van der Waals surface area contributed by atoms with Gasteiger partial charge in [0.25, 0.3) is 0 Å². The first-order chi connectivity index (χ1) is 8.52. The number of nitrogens with zero attached hydrogens (tertiary/aromatic N) is 1. The van der Waals surface area contributed by atoms with Crippen LogP contribution in [0.25, 0.3) is 0 Å². The lowest BCUT2D eigenvalue weighted by Gasteiger charge is -2.13. The van der Waals surface area contributed by atoms with Crippen molar-refractivity contribution < 1.29 is 4.74 Å². The van der Waals surface area contributed by atoms with E-state index in [0.717, 1.165) is 35.7 Å². The van der Waals surface area contributed by atoms with Crippen LogP contribution in [0.4, 0.5) is 0 Å². The Hall–Kier alpha value is -1.35. The molecular weight excluding hydrogens is 224 g/mol. The van der Waals surface area contributed by atoms with Crippen molar-refractivity contribution in [3.8, 4) is 5.75 Å². The third-order valence-corrected chi connectivity index (χ3v) is 2.60. The second-order valence-corrected chi connectivity index (χ2v) is 4.83. The smallest absolute Gasteiger partial charge is 0.141 e. The summed E-state index contributed by atoms with van der Waals surface area (Å²) in [7, 11) is 0. The summed E-state index contributed by atoms with van der Waals surface area (Å²) in [4.78, 5) is 4.47. The van der Waals surface area contributed by atoms with E-state index in [2.05, 4.69) is 37.7 Å². The van der Waals surface area contributed by atoms with E-state index in [9.17, 15) is 0 Å². The molecule has 0 unspecified atom stereocenters. The van der Waals surface area contributed by atoms with Crippen molar-refractivity contribution in [1.82, 2.24) is 10.3 Å². The molecular formula is C15H24N2O. The fourth-order valence-electron chi connectivity index (χ4n) is 1.56. The number of hydrogen-bond donors (Lipinski definition) is 1. The van der Waals surface area contributed by atoms with Gasteiger partial charge >= 0.3 is 0 Å². The Morgan fingerprint density at radius 3 is 2.78 bits per heavy atom. The van der Waals surface area contributed by atoms with Gasteiger partial charge in [-0.3, -0.25) is 4.98 Å². The van der Waals surface area contributed by atoms with E-state index in [0.29, 0.717) is 12.6 Å². The van der Waals surface area contributed by atoms with Crippen molar-refractivity contribution in [1.29, 1.82) is 0 Å². The molecule has 0 fully saturated rings. The molecule has 0 atom stereocenters. The van der Waals surface area contributed by atoms with Crippen molar-refractivity contribution >= 4 is 0 Å². The number of ether oxygens (including phenoxy) is 1. The summed E-state index contributed by atoms with van der Waals surface area (Å²) in [5.74, 6) is 0.869. The molecule has 0 aliphatic heterocycles. The van der Waals surface area contributed by atoms with E-state index >= 15 is 0 Å². The van der Waals surface area contributed by atoms with Crippen LogP contribution < -0.4 is 10.1 Å². The van der Waals surface area contributed by atoms with Gasteiger partial charge in [0.2, 0.25) is 0 Å². The molecule has 0 bridgehead atoms. The molecule has 3 nitrogen and oxygen atoms in total. The summed E-state index contributed by atoms with van der Waals surface area (Å²) in [6.07, 6.45) is 0.883. The first-order valence-corrected chi connectivity index (χ1v) is 6.52. The molecule has 1 heterocycles. The molecule has 0 aliphatic rings. The van der Waals surface area contributed by atoms with Gasteiger partial charge in [0.1, 0.15) is 12.4 Å². The van der Waals surface area contributed by atoms with Crippen LogP contribution in [0.2, 0.25) is 0 Å².